The molecule has 1 heterocycles. The summed E-state index contributed by atoms with van der Waals surface area (Å²) in [6.07, 6.45) is 0.761. The van der Waals surface area contributed by atoms with Crippen molar-refractivity contribution in [1.29, 1.82) is 0 Å². The van der Waals surface area contributed by atoms with E-state index in [1.165, 1.54) is 16.2 Å². The molecule has 2 rings (SSSR count). The van der Waals surface area contributed by atoms with Crippen LogP contribution in [0.1, 0.15) is 43.2 Å². The van der Waals surface area contributed by atoms with Gasteiger partial charge in [0.2, 0.25) is 5.91 Å². The van der Waals surface area contributed by atoms with Crippen LogP contribution in [0.25, 0.3) is 0 Å². The SMILES string of the molecule is CCOC(=O)CCCOc1ccccc1C(NC)C(=O)N(CC(=O)OCC)Cc1cccs1. The van der Waals surface area contributed by atoms with Crippen LogP contribution >= 0.6 is 11.3 Å². The minimum absolute atomic E-state index is 0.148. The Morgan fingerprint density at radius 3 is 2.42 bits per heavy atom. The summed E-state index contributed by atoms with van der Waals surface area (Å²) in [6, 6.07) is 10.4. The number of likely N-dealkylation sites (N-methyl/N-ethyl adjacent to an activating group) is 1. The summed E-state index contributed by atoms with van der Waals surface area (Å²) in [6.45, 7) is 4.56. The highest BCUT2D eigenvalue weighted by atomic mass is 32.1. The number of amides is 1. The number of para-hydroxylation sites is 1. The minimum Gasteiger partial charge on any atom is -0.493 e. The van der Waals surface area contributed by atoms with Gasteiger partial charge in [0.15, 0.2) is 0 Å². The molecular weight excluding hydrogens is 444 g/mol. The molecule has 2 aromatic rings. The van der Waals surface area contributed by atoms with Gasteiger partial charge in [0.1, 0.15) is 18.3 Å². The summed E-state index contributed by atoms with van der Waals surface area (Å²) in [4.78, 5) is 39.7. The van der Waals surface area contributed by atoms with Crippen LogP contribution in [0.5, 0.6) is 5.75 Å². The molecule has 0 radical (unpaired) electrons. The molecule has 0 saturated carbocycles. The van der Waals surface area contributed by atoms with E-state index >= 15 is 0 Å². The van der Waals surface area contributed by atoms with Crippen LogP contribution in [0, 0.1) is 0 Å². The molecule has 1 N–H and O–H groups in total. The maximum Gasteiger partial charge on any atom is 0.325 e. The van der Waals surface area contributed by atoms with Crippen LogP contribution in [0.4, 0.5) is 0 Å². The molecule has 1 aromatic heterocycles. The molecule has 180 valence electrons. The number of hydrogen-bond donors (Lipinski definition) is 1. The first-order valence-corrected chi connectivity index (χ1v) is 11.9. The summed E-state index contributed by atoms with van der Waals surface area (Å²) >= 11 is 1.52. The molecule has 9 heteroatoms. The molecule has 0 spiro atoms. The van der Waals surface area contributed by atoms with E-state index < -0.39 is 12.0 Å². The summed E-state index contributed by atoms with van der Waals surface area (Å²) in [5.41, 5.74) is 0.654. The molecule has 0 aliphatic rings. The topological polar surface area (TPSA) is 94.2 Å². The average Bonchev–Trinajstić information content (AvgIpc) is 3.31. The molecule has 1 atom stereocenters. The number of nitrogens with one attached hydrogen (secondary N) is 1. The fraction of sp³-hybridized carbons (Fsp3) is 0.458. The number of esters is 2. The molecular formula is C24H32N2O6S. The monoisotopic (exact) mass is 476 g/mol. The normalized spacial score (nSPS) is 11.5. The number of nitrogens with zero attached hydrogens (tertiary/aromatic N) is 1. The third-order valence-electron chi connectivity index (χ3n) is 4.72. The third-order valence-corrected chi connectivity index (χ3v) is 5.58. The number of hydrogen-bond acceptors (Lipinski definition) is 8. The van der Waals surface area contributed by atoms with Gasteiger partial charge in [-0.1, -0.05) is 24.3 Å². The first-order chi connectivity index (χ1) is 16.0. The van der Waals surface area contributed by atoms with Gasteiger partial charge in [-0.25, -0.2) is 0 Å². The zero-order chi connectivity index (χ0) is 24.1. The highest BCUT2D eigenvalue weighted by Gasteiger charge is 2.29. The zero-order valence-corrected chi connectivity index (χ0v) is 20.2. The van der Waals surface area contributed by atoms with E-state index in [0.29, 0.717) is 37.5 Å². The first kappa shape index (κ1) is 26.3. The van der Waals surface area contributed by atoms with Gasteiger partial charge < -0.3 is 24.4 Å². The van der Waals surface area contributed by atoms with Crippen molar-refractivity contribution in [3.8, 4) is 5.75 Å². The van der Waals surface area contributed by atoms with Gasteiger partial charge in [-0.2, -0.15) is 0 Å². The van der Waals surface area contributed by atoms with Crippen molar-refractivity contribution in [3.05, 3.63) is 52.2 Å². The van der Waals surface area contributed by atoms with Gasteiger partial charge in [0.05, 0.1) is 26.4 Å². The van der Waals surface area contributed by atoms with Gasteiger partial charge in [-0.05, 0) is 44.8 Å². The zero-order valence-electron chi connectivity index (χ0n) is 19.4. The minimum atomic E-state index is -0.722. The lowest BCUT2D eigenvalue weighted by atomic mass is 10.0. The van der Waals surface area contributed by atoms with Crippen LogP contribution in [0.2, 0.25) is 0 Å². The second-order valence-corrected chi connectivity index (χ2v) is 8.13. The first-order valence-electron chi connectivity index (χ1n) is 11.0. The maximum atomic E-state index is 13.5. The fourth-order valence-corrected chi connectivity index (χ4v) is 3.96. The highest BCUT2D eigenvalue weighted by molar-refractivity contribution is 7.09. The predicted molar refractivity (Wildman–Crippen MR) is 126 cm³/mol. The Balaban J connectivity index is 2.15. The number of ether oxygens (including phenoxy) is 3. The number of thiophene rings is 1. The van der Waals surface area contributed by atoms with Crippen LogP contribution in [-0.2, 0) is 30.4 Å². The quantitative estimate of drug-likeness (QED) is 0.330. The largest absolute Gasteiger partial charge is 0.493 e. The standard InChI is InChI=1S/C24H32N2O6S/c1-4-30-21(27)13-8-14-32-20-12-7-6-11-19(20)23(25-3)24(29)26(17-22(28)31-5-2)16-18-10-9-15-33-18/h6-7,9-12,15,23,25H,4-5,8,13-14,16-17H2,1-3H3. The van der Waals surface area contributed by atoms with Gasteiger partial charge >= 0.3 is 11.9 Å². The third kappa shape index (κ3) is 8.51. The molecule has 33 heavy (non-hydrogen) atoms. The predicted octanol–water partition coefficient (Wildman–Crippen LogP) is 3.32. The van der Waals surface area contributed by atoms with Gasteiger partial charge in [0.25, 0.3) is 0 Å². The van der Waals surface area contributed by atoms with Gasteiger partial charge in [0, 0.05) is 16.9 Å². The van der Waals surface area contributed by atoms with Crippen LogP contribution in [0.3, 0.4) is 0 Å². The molecule has 0 bridgehead atoms. The summed E-state index contributed by atoms with van der Waals surface area (Å²) < 4.78 is 15.9. The number of benzene rings is 1. The molecule has 0 saturated heterocycles. The van der Waals surface area contributed by atoms with Crippen molar-refractivity contribution < 1.29 is 28.6 Å². The Morgan fingerprint density at radius 2 is 1.76 bits per heavy atom. The van der Waals surface area contributed by atoms with E-state index in [1.807, 2.05) is 35.7 Å². The van der Waals surface area contributed by atoms with E-state index in [4.69, 9.17) is 14.2 Å². The second kappa shape index (κ2) is 14.3. The summed E-state index contributed by atoms with van der Waals surface area (Å²) in [5, 5.41) is 4.98. The Labute approximate surface area is 198 Å². The Morgan fingerprint density at radius 1 is 1.03 bits per heavy atom. The van der Waals surface area contributed by atoms with E-state index in [9.17, 15) is 14.4 Å². The van der Waals surface area contributed by atoms with Crippen molar-refractivity contribution in [3.63, 3.8) is 0 Å². The molecule has 8 nitrogen and oxygen atoms in total. The molecule has 0 fully saturated rings. The van der Waals surface area contributed by atoms with Crippen molar-refractivity contribution in [2.24, 2.45) is 0 Å². The van der Waals surface area contributed by atoms with Crippen molar-refractivity contribution >= 4 is 29.2 Å². The molecule has 1 amide bonds. The number of carbonyl (C=O) groups excluding carboxylic acids is 3. The van der Waals surface area contributed by atoms with E-state index in [-0.39, 0.29) is 31.4 Å². The van der Waals surface area contributed by atoms with Crippen molar-refractivity contribution in [2.75, 3.05) is 33.4 Å². The van der Waals surface area contributed by atoms with Crippen molar-refractivity contribution in [1.82, 2.24) is 10.2 Å². The Bertz CT molecular complexity index is 887. The molecule has 1 unspecified atom stereocenters. The van der Waals surface area contributed by atoms with E-state index in [2.05, 4.69) is 5.32 Å². The maximum absolute atomic E-state index is 13.5. The molecule has 0 aliphatic carbocycles. The lowest BCUT2D eigenvalue weighted by molar-refractivity contribution is -0.150. The smallest absolute Gasteiger partial charge is 0.325 e. The average molecular weight is 477 g/mol. The lowest BCUT2D eigenvalue weighted by Crippen LogP contribution is -2.42. The van der Waals surface area contributed by atoms with Crippen LogP contribution < -0.4 is 10.1 Å². The lowest BCUT2D eigenvalue weighted by Gasteiger charge is -2.27. The summed E-state index contributed by atoms with van der Waals surface area (Å²) in [7, 11) is 1.69. The van der Waals surface area contributed by atoms with Gasteiger partial charge in [-0.15, -0.1) is 11.3 Å². The van der Waals surface area contributed by atoms with Crippen LogP contribution in [0.15, 0.2) is 41.8 Å². The molecule has 1 aromatic carbocycles. The second-order valence-electron chi connectivity index (χ2n) is 7.10. The summed E-state index contributed by atoms with van der Waals surface area (Å²) in [5.74, 6) is -0.440. The van der Waals surface area contributed by atoms with E-state index in [1.54, 1.807) is 27.0 Å². The van der Waals surface area contributed by atoms with Crippen LogP contribution in [-0.4, -0.2) is 56.2 Å². The molecule has 0 aliphatic heterocycles. The fourth-order valence-electron chi connectivity index (χ4n) is 3.24. The number of rotatable bonds is 14. The Hall–Kier alpha value is -2.91. The Kier molecular flexibility index (Phi) is 11.4. The van der Waals surface area contributed by atoms with Crippen molar-refractivity contribution in [2.45, 2.75) is 39.3 Å². The van der Waals surface area contributed by atoms with Gasteiger partial charge in [-0.3, -0.25) is 14.4 Å². The number of carbonyl (C=O) groups is 3. The highest BCUT2D eigenvalue weighted by Crippen LogP contribution is 2.27. The van der Waals surface area contributed by atoms with E-state index in [0.717, 1.165) is 4.88 Å².